The third kappa shape index (κ3) is 1.01. The van der Waals surface area contributed by atoms with Gasteiger partial charge in [-0.2, -0.15) is 0 Å². The molecule has 2 aliphatic carbocycles. The first kappa shape index (κ1) is 13.8. The van der Waals surface area contributed by atoms with Crippen LogP contribution in [0.4, 0.5) is 0 Å². The van der Waals surface area contributed by atoms with Crippen LogP contribution in [0.3, 0.4) is 0 Å². The van der Waals surface area contributed by atoms with Crippen LogP contribution in [-0.2, 0) is 14.3 Å². The molecule has 2 saturated carbocycles. The lowest BCUT2D eigenvalue weighted by Gasteiger charge is -2.47. The Labute approximate surface area is 132 Å². The number of rotatable bonds is 0. The minimum Gasteiger partial charge on any atom is -0.391 e. The Morgan fingerprint density at radius 2 is 1.44 bits per heavy atom. The van der Waals surface area contributed by atoms with E-state index < -0.39 is 35.8 Å². The van der Waals surface area contributed by atoms with E-state index in [9.17, 15) is 9.59 Å². The molecule has 1 aliphatic heterocycles. The molecular formula is C9H4Cl6O3. The molecule has 3 fully saturated rings. The molecule has 3 atom stereocenters. The average molecular weight is 373 g/mol. The first-order valence-electron chi connectivity index (χ1n) is 4.86. The van der Waals surface area contributed by atoms with E-state index in [1.54, 1.807) is 0 Å². The number of ether oxygens (including phenoxy) is 1. The molecular weight excluding hydrogens is 369 g/mol. The van der Waals surface area contributed by atoms with Crippen molar-refractivity contribution in [2.75, 3.05) is 0 Å². The van der Waals surface area contributed by atoms with Crippen molar-refractivity contribution in [2.24, 2.45) is 5.41 Å². The molecule has 0 radical (unpaired) electrons. The van der Waals surface area contributed by atoms with E-state index in [0.717, 1.165) is 0 Å². The first-order valence-corrected chi connectivity index (χ1v) is 7.13. The topological polar surface area (TPSA) is 43.4 Å². The zero-order valence-corrected chi connectivity index (χ0v) is 12.9. The van der Waals surface area contributed by atoms with Crippen molar-refractivity contribution in [1.29, 1.82) is 0 Å². The number of alkyl halides is 6. The number of hydrogen-bond donors (Lipinski definition) is 0. The highest BCUT2D eigenvalue weighted by atomic mass is 35.5. The Morgan fingerprint density at radius 1 is 0.889 bits per heavy atom. The van der Waals surface area contributed by atoms with Crippen LogP contribution in [0.25, 0.3) is 0 Å². The predicted octanol–water partition coefficient (Wildman–Crippen LogP) is 3.17. The third-order valence-corrected chi connectivity index (χ3v) is 8.34. The maximum Gasteiger partial charge on any atom is 0.339 e. The minimum absolute atomic E-state index is 0.115. The number of esters is 2. The fourth-order valence-corrected chi connectivity index (χ4v) is 6.08. The van der Waals surface area contributed by atoms with E-state index in [0.29, 0.717) is 0 Å². The monoisotopic (exact) mass is 370 g/mol. The largest absolute Gasteiger partial charge is 0.391 e. The molecule has 2 bridgehead atoms. The molecule has 1 heterocycles. The average Bonchev–Trinajstić information content (AvgIpc) is 2.60. The SMILES string of the molecule is O=C1OC(=O)C2(Cl)C13CC(Cl)(Cl)C(Cl)(C3)C2(Cl)Cl. The van der Waals surface area contributed by atoms with E-state index in [2.05, 4.69) is 4.74 Å². The van der Waals surface area contributed by atoms with Gasteiger partial charge in [0.1, 0.15) is 14.6 Å². The van der Waals surface area contributed by atoms with Crippen molar-refractivity contribution in [1.82, 2.24) is 0 Å². The summed E-state index contributed by atoms with van der Waals surface area (Å²) in [6, 6.07) is 0. The van der Waals surface area contributed by atoms with Crippen molar-refractivity contribution in [2.45, 2.75) is 31.3 Å². The Hall–Kier alpha value is 0.880. The van der Waals surface area contributed by atoms with Crippen molar-refractivity contribution < 1.29 is 14.3 Å². The fraction of sp³-hybridized carbons (Fsp3) is 0.778. The number of fused-ring (bicyclic) bond motifs is 1. The van der Waals surface area contributed by atoms with Crippen LogP contribution in [0, 0.1) is 5.41 Å². The maximum absolute atomic E-state index is 11.9. The maximum atomic E-state index is 11.9. The molecule has 3 unspecified atom stereocenters. The van der Waals surface area contributed by atoms with Gasteiger partial charge < -0.3 is 4.74 Å². The summed E-state index contributed by atoms with van der Waals surface area (Å²) in [5.74, 6) is -1.84. The molecule has 100 valence electrons. The van der Waals surface area contributed by atoms with Gasteiger partial charge in [-0.1, -0.05) is 46.4 Å². The van der Waals surface area contributed by atoms with Gasteiger partial charge in [0.05, 0.1) is 0 Å². The molecule has 1 spiro atoms. The molecule has 9 heteroatoms. The van der Waals surface area contributed by atoms with E-state index in [1.807, 2.05) is 0 Å². The summed E-state index contributed by atoms with van der Waals surface area (Å²) in [7, 11) is 0. The summed E-state index contributed by atoms with van der Waals surface area (Å²) in [5, 5.41) is 0. The summed E-state index contributed by atoms with van der Waals surface area (Å²) in [5.41, 5.74) is -1.49. The lowest BCUT2D eigenvalue weighted by Crippen LogP contribution is -2.64. The summed E-state index contributed by atoms with van der Waals surface area (Å²) in [6.45, 7) is 0. The third-order valence-electron chi connectivity index (χ3n) is 4.10. The molecule has 0 aromatic carbocycles. The van der Waals surface area contributed by atoms with Gasteiger partial charge in [0.2, 0.25) is 0 Å². The number of carbonyl (C=O) groups excluding carboxylic acids is 2. The second kappa shape index (κ2) is 3.20. The van der Waals surface area contributed by atoms with E-state index in [1.165, 1.54) is 0 Å². The number of carbonyl (C=O) groups is 2. The summed E-state index contributed by atoms with van der Waals surface area (Å²) >= 11 is 37.1. The smallest absolute Gasteiger partial charge is 0.339 e. The highest BCUT2D eigenvalue weighted by Crippen LogP contribution is 2.81. The highest BCUT2D eigenvalue weighted by molar-refractivity contribution is 6.67. The molecule has 0 aromatic rings. The lowest BCUT2D eigenvalue weighted by atomic mass is 9.75. The Kier molecular flexibility index (Phi) is 2.46. The number of cyclic esters (lactones) is 2. The molecule has 3 rings (SSSR count). The first-order chi connectivity index (χ1) is 7.96. The Morgan fingerprint density at radius 3 is 2.00 bits per heavy atom. The summed E-state index contributed by atoms with van der Waals surface area (Å²) < 4.78 is 0.969. The minimum atomic E-state index is -2.02. The molecule has 18 heavy (non-hydrogen) atoms. The van der Waals surface area contributed by atoms with Crippen LogP contribution < -0.4 is 0 Å². The molecule has 0 N–H and O–H groups in total. The zero-order chi connectivity index (χ0) is 13.8. The normalized spacial score (nSPS) is 51.4. The van der Waals surface area contributed by atoms with Gasteiger partial charge in [-0.3, -0.25) is 4.79 Å². The van der Waals surface area contributed by atoms with Crippen molar-refractivity contribution in [3.05, 3.63) is 0 Å². The van der Waals surface area contributed by atoms with Crippen molar-refractivity contribution in [3.8, 4) is 0 Å². The second-order valence-corrected chi connectivity index (χ2v) is 8.87. The van der Waals surface area contributed by atoms with Crippen LogP contribution in [0.15, 0.2) is 0 Å². The van der Waals surface area contributed by atoms with Gasteiger partial charge in [0, 0.05) is 6.42 Å². The van der Waals surface area contributed by atoms with E-state index in [-0.39, 0.29) is 12.8 Å². The lowest BCUT2D eigenvalue weighted by molar-refractivity contribution is -0.155. The van der Waals surface area contributed by atoms with Crippen LogP contribution in [0.2, 0.25) is 0 Å². The van der Waals surface area contributed by atoms with Crippen LogP contribution >= 0.6 is 69.6 Å². The zero-order valence-electron chi connectivity index (χ0n) is 8.41. The fourth-order valence-electron chi connectivity index (χ4n) is 3.15. The van der Waals surface area contributed by atoms with Crippen molar-refractivity contribution in [3.63, 3.8) is 0 Å². The van der Waals surface area contributed by atoms with Crippen LogP contribution in [-0.4, -0.2) is 30.4 Å². The van der Waals surface area contributed by atoms with Gasteiger partial charge in [-0.25, -0.2) is 4.79 Å². The second-order valence-electron chi connectivity index (χ2n) is 4.85. The van der Waals surface area contributed by atoms with Gasteiger partial charge in [0.25, 0.3) is 0 Å². The number of halogens is 6. The standard InChI is InChI=1S/C9H4Cl6O3/c10-6-1-5(2-7(6,11)12)3(16)18-4(17)8(5,13)9(6,14)15/h1-2H2. The summed E-state index contributed by atoms with van der Waals surface area (Å²) in [4.78, 5) is 20.2. The molecule has 3 aliphatic rings. The Bertz CT molecular complexity index is 505. The van der Waals surface area contributed by atoms with Crippen LogP contribution in [0.1, 0.15) is 12.8 Å². The van der Waals surface area contributed by atoms with Crippen LogP contribution in [0.5, 0.6) is 0 Å². The van der Waals surface area contributed by atoms with E-state index >= 15 is 0 Å². The summed E-state index contributed by atoms with van der Waals surface area (Å²) in [6.07, 6.45) is -0.252. The van der Waals surface area contributed by atoms with Gasteiger partial charge in [0.15, 0.2) is 9.21 Å². The quantitative estimate of drug-likeness (QED) is 0.372. The van der Waals surface area contributed by atoms with Gasteiger partial charge >= 0.3 is 11.9 Å². The van der Waals surface area contributed by atoms with E-state index in [4.69, 9.17) is 69.6 Å². The molecule has 3 nitrogen and oxygen atoms in total. The number of hydrogen-bond acceptors (Lipinski definition) is 3. The molecule has 0 aromatic heterocycles. The molecule has 1 saturated heterocycles. The van der Waals surface area contributed by atoms with Gasteiger partial charge in [-0.05, 0) is 6.42 Å². The molecule has 0 amide bonds. The van der Waals surface area contributed by atoms with Crippen molar-refractivity contribution >= 4 is 81.5 Å². The Balaban J connectivity index is 2.34. The van der Waals surface area contributed by atoms with Gasteiger partial charge in [-0.15, -0.1) is 23.2 Å². The predicted molar refractivity (Wildman–Crippen MR) is 68.8 cm³/mol. The highest BCUT2D eigenvalue weighted by Gasteiger charge is 2.94.